The van der Waals surface area contributed by atoms with Crippen molar-refractivity contribution < 1.29 is 4.79 Å². The van der Waals surface area contributed by atoms with Gasteiger partial charge in [-0.05, 0) is 46.1 Å². The molecule has 2 heterocycles. The molecule has 124 valence electrons. The Morgan fingerprint density at radius 1 is 1.50 bits per heavy atom. The predicted octanol–water partition coefficient (Wildman–Crippen LogP) is 2.76. The molecular weight excluding hydrogens is 296 g/mol. The quantitative estimate of drug-likeness (QED) is 0.875. The molecule has 1 atom stereocenters. The third kappa shape index (κ3) is 4.95. The standard InChI is InChI=1S/C16H28N4OS/c1-12-6-5-7-20(10-12)16(3,4)11-19-15(21)18-9-14-17-8-13(2)22-14/h8,12H,5-7,9-11H2,1-4H3,(H2,18,19,21)/t12-/m1/s1. The molecule has 5 nitrogen and oxygen atoms in total. The number of carbonyl (C=O) groups excluding carboxylic acids is 1. The largest absolute Gasteiger partial charge is 0.336 e. The Labute approximate surface area is 137 Å². The van der Waals surface area contributed by atoms with E-state index in [0.717, 1.165) is 28.9 Å². The fraction of sp³-hybridized carbons (Fsp3) is 0.750. The number of rotatable bonds is 5. The maximum absolute atomic E-state index is 12.0. The van der Waals surface area contributed by atoms with Crippen molar-refractivity contribution in [1.82, 2.24) is 20.5 Å². The highest BCUT2D eigenvalue weighted by atomic mass is 32.1. The van der Waals surface area contributed by atoms with Crippen LogP contribution in [0.5, 0.6) is 0 Å². The average molecular weight is 324 g/mol. The number of amides is 2. The number of carbonyl (C=O) groups is 1. The molecule has 6 heteroatoms. The lowest BCUT2D eigenvalue weighted by atomic mass is 9.93. The first-order valence-corrected chi connectivity index (χ1v) is 8.86. The summed E-state index contributed by atoms with van der Waals surface area (Å²) < 4.78 is 0. The van der Waals surface area contributed by atoms with Crippen molar-refractivity contribution >= 4 is 17.4 Å². The summed E-state index contributed by atoms with van der Waals surface area (Å²) in [5.41, 5.74) is -0.0101. The van der Waals surface area contributed by atoms with E-state index >= 15 is 0 Å². The van der Waals surface area contributed by atoms with Crippen molar-refractivity contribution in [3.8, 4) is 0 Å². The lowest BCUT2D eigenvalue weighted by Crippen LogP contribution is -2.55. The van der Waals surface area contributed by atoms with Crippen LogP contribution in [0.3, 0.4) is 0 Å². The molecule has 1 aromatic heterocycles. The molecule has 2 rings (SSSR count). The third-order valence-corrected chi connectivity index (χ3v) is 5.18. The minimum atomic E-state index is -0.119. The number of nitrogens with zero attached hydrogens (tertiary/aromatic N) is 2. The van der Waals surface area contributed by atoms with E-state index in [1.165, 1.54) is 12.8 Å². The van der Waals surface area contributed by atoms with Gasteiger partial charge in [0, 0.05) is 29.7 Å². The Morgan fingerprint density at radius 3 is 2.91 bits per heavy atom. The lowest BCUT2D eigenvalue weighted by molar-refractivity contribution is 0.0724. The molecule has 0 bridgehead atoms. The Balaban J connectivity index is 1.74. The zero-order chi connectivity index (χ0) is 16.2. The number of nitrogens with one attached hydrogen (secondary N) is 2. The number of hydrogen-bond donors (Lipinski definition) is 2. The number of aromatic nitrogens is 1. The van der Waals surface area contributed by atoms with Crippen LogP contribution in [0.25, 0.3) is 0 Å². The van der Waals surface area contributed by atoms with Crippen LogP contribution in [0.4, 0.5) is 4.79 Å². The molecule has 0 unspecified atom stereocenters. The van der Waals surface area contributed by atoms with E-state index in [4.69, 9.17) is 0 Å². The number of likely N-dealkylation sites (tertiary alicyclic amines) is 1. The van der Waals surface area contributed by atoms with E-state index < -0.39 is 0 Å². The van der Waals surface area contributed by atoms with Crippen molar-refractivity contribution in [3.05, 3.63) is 16.1 Å². The van der Waals surface area contributed by atoms with E-state index in [9.17, 15) is 4.79 Å². The Kier molecular flexibility index (Phi) is 5.81. The van der Waals surface area contributed by atoms with Crippen LogP contribution in [-0.2, 0) is 6.54 Å². The highest BCUT2D eigenvalue weighted by Gasteiger charge is 2.30. The van der Waals surface area contributed by atoms with E-state index in [0.29, 0.717) is 13.1 Å². The highest BCUT2D eigenvalue weighted by molar-refractivity contribution is 7.11. The second kappa shape index (κ2) is 7.42. The number of hydrogen-bond acceptors (Lipinski definition) is 4. The van der Waals surface area contributed by atoms with Gasteiger partial charge in [-0.2, -0.15) is 0 Å². The molecule has 1 saturated heterocycles. The van der Waals surface area contributed by atoms with E-state index in [2.05, 4.69) is 41.3 Å². The topological polar surface area (TPSA) is 57.3 Å². The van der Waals surface area contributed by atoms with Crippen LogP contribution in [0.2, 0.25) is 0 Å². The van der Waals surface area contributed by atoms with Crippen molar-refractivity contribution in [2.24, 2.45) is 5.92 Å². The highest BCUT2D eigenvalue weighted by Crippen LogP contribution is 2.23. The smallest absolute Gasteiger partial charge is 0.315 e. The first-order chi connectivity index (χ1) is 10.4. The van der Waals surface area contributed by atoms with Gasteiger partial charge >= 0.3 is 6.03 Å². The van der Waals surface area contributed by atoms with Crippen LogP contribution in [0, 0.1) is 12.8 Å². The molecule has 1 aromatic rings. The fourth-order valence-electron chi connectivity index (χ4n) is 2.85. The van der Waals surface area contributed by atoms with E-state index in [1.54, 1.807) is 11.3 Å². The van der Waals surface area contributed by atoms with Crippen molar-refractivity contribution in [2.45, 2.75) is 52.6 Å². The maximum atomic E-state index is 12.0. The van der Waals surface area contributed by atoms with Crippen molar-refractivity contribution in [2.75, 3.05) is 19.6 Å². The minimum Gasteiger partial charge on any atom is -0.336 e. The summed E-state index contributed by atoms with van der Waals surface area (Å²) >= 11 is 1.61. The third-order valence-electron chi connectivity index (χ3n) is 4.26. The van der Waals surface area contributed by atoms with Crippen LogP contribution < -0.4 is 10.6 Å². The molecule has 0 aromatic carbocycles. The van der Waals surface area contributed by atoms with Crippen molar-refractivity contribution in [3.63, 3.8) is 0 Å². The molecule has 0 saturated carbocycles. The number of aryl methyl sites for hydroxylation is 1. The van der Waals surface area contributed by atoms with Gasteiger partial charge in [0.25, 0.3) is 0 Å². The summed E-state index contributed by atoms with van der Waals surface area (Å²) in [5, 5.41) is 6.81. The summed E-state index contributed by atoms with van der Waals surface area (Å²) in [6.07, 6.45) is 4.40. The number of thiazole rings is 1. The van der Waals surface area contributed by atoms with E-state index in [1.807, 2.05) is 13.1 Å². The number of piperidine rings is 1. The molecule has 0 radical (unpaired) electrons. The first-order valence-electron chi connectivity index (χ1n) is 8.05. The molecule has 2 amide bonds. The molecule has 22 heavy (non-hydrogen) atoms. The second-order valence-corrected chi connectivity index (χ2v) is 8.23. The minimum absolute atomic E-state index is 0.0101. The summed E-state index contributed by atoms with van der Waals surface area (Å²) in [6.45, 7) is 12.1. The van der Waals surface area contributed by atoms with Gasteiger partial charge in [0.05, 0.1) is 6.54 Å². The van der Waals surface area contributed by atoms with Crippen LogP contribution >= 0.6 is 11.3 Å². The first kappa shape index (κ1) is 17.2. The Morgan fingerprint density at radius 2 is 2.27 bits per heavy atom. The summed E-state index contributed by atoms with van der Waals surface area (Å²) in [7, 11) is 0. The molecule has 2 N–H and O–H groups in total. The van der Waals surface area contributed by atoms with Crippen LogP contribution in [0.15, 0.2) is 6.20 Å². The van der Waals surface area contributed by atoms with Gasteiger partial charge in [0.1, 0.15) is 5.01 Å². The zero-order valence-electron chi connectivity index (χ0n) is 14.1. The molecular formula is C16H28N4OS. The predicted molar refractivity (Wildman–Crippen MR) is 91.1 cm³/mol. The molecule has 1 fully saturated rings. The monoisotopic (exact) mass is 324 g/mol. The Bertz CT molecular complexity index is 500. The number of urea groups is 1. The average Bonchev–Trinajstić information content (AvgIpc) is 2.89. The fourth-order valence-corrected chi connectivity index (χ4v) is 3.58. The van der Waals surface area contributed by atoms with Gasteiger partial charge in [0.2, 0.25) is 0 Å². The summed E-state index contributed by atoms with van der Waals surface area (Å²) in [6, 6.07) is -0.119. The normalized spacial score (nSPS) is 19.9. The zero-order valence-corrected chi connectivity index (χ0v) is 14.9. The molecule has 0 aliphatic carbocycles. The SMILES string of the molecule is Cc1cnc(CNC(=O)NCC(C)(C)N2CCC[C@@H](C)C2)s1. The second-order valence-electron chi connectivity index (χ2n) is 6.91. The lowest BCUT2D eigenvalue weighted by Gasteiger charge is -2.43. The van der Waals surface area contributed by atoms with Gasteiger partial charge in [-0.15, -0.1) is 11.3 Å². The van der Waals surface area contributed by atoms with Gasteiger partial charge in [-0.25, -0.2) is 9.78 Å². The summed E-state index contributed by atoms with van der Waals surface area (Å²) in [4.78, 5) is 19.9. The van der Waals surface area contributed by atoms with Gasteiger partial charge in [-0.3, -0.25) is 4.90 Å². The summed E-state index contributed by atoms with van der Waals surface area (Å²) in [5.74, 6) is 0.745. The van der Waals surface area contributed by atoms with Crippen LogP contribution in [-0.4, -0.2) is 41.1 Å². The molecule has 1 aliphatic rings. The van der Waals surface area contributed by atoms with E-state index in [-0.39, 0.29) is 11.6 Å². The van der Waals surface area contributed by atoms with Crippen molar-refractivity contribution in [1.29, 1.82) is 0 Å². The van der Waals surface area contributed by atoms with Gasteiger partial charge in [0.15, 0.2) is 0 Å². The maximum Gasteiger partial charge on any atom is 0.315 e. The van der Waals surface area contributed by atoms with Gasteiger partial charge in [-0.1, -0.05) is 6.92 Å². The molecule has 1 aliphatic heterocycles. The van der Waals surface area contributed by atoms with Crippen LogP contribution in [0.1, 0.15) is 43.5 Å². The molecule has 0 spiro atoms. The van der Waals surface area contributed by atoms with Gasteiger partial charge < -0.3 is 10.6 Å². The Hall–Kier alpha value is -1.14.